The smallest absolute Gasteiger partial charge is 0.306 e. The zero-order valence-electron chi connectivity index (χ0n) is 53.4. The fraction of sp³-hybridized carbons (Fsp3) is 0.877. The molecule has 0 aliphatic rings. The molecule has 0 aliphatic heterocycles. The van der Waals surface area contributed by atoms with Gasteiger partial charge in [-0.3, -0.25) is 14.4 Å². The van der Waals surface area contributed by atoms with E-state index in [2.05, 4.69) is 57.2 Å². The third-order valence-electron chi connectivity index (χ3n) is 16.1. The van der Waals surface area contributed by atoms with Crippen molar-refractivity contribution >= 4 is 17.9 Å². The normalized spacial score (nSPS) is 12.2. The maximum Gasteiger partial charge on any atom is 0.306 e. The molecule has 0 aromatic carbocycles. The lowest BCUT2D eigenvalue weighted by atomic mass is 10.0. The summed E-state index contributed by atoms with van der Waals surface area (Å²) < 4.78 is 17.0. The van der Waals surface area contributed by atoms with Gasteiger partial charge in [0.15, 0.2) is 6.10 Å². The molecule has 6 nitrogen and oxygen atoms in total. The predicted molar refractivity (Wildman–Crippen MR) is 344 cm³/mol. The van der Waals surface area contributed by atoms with Crippen LogP contribution in [0.25, 0.3) is 0 Å². The van der Waals surface area contributed by atoms with Gasteiger partial charge in [0.1, 0.15) is 13.2 Å². The molecule has 0 rings (SSSR count). The number of rotatable bonds is 66. The molecule has 0 fully saturated rings. The second kappa shape index (κ2) is 68.1. The Balaban J connectivity index is 4.20. The number of ether oxygens (including phenoxy) is 3. The van der Waals surface area contributed by atoms with Crippen LogP contribution in [-0.4, -0.2) is 37.2 Å². The fourth-order valence-electron chi connectivity index (χ4n) is 10.8. The summed E-state index contributed by atoms with van der Waals surface area (Å²) in [5.74, 6) is -0.848. The number of allylic oxidation sites excluding steroid dienone is 6. The Hall–Kier alpha value is -2.37. The second-order valence-electron chi connectivity index (χ2n) is 24.1. The average molecular weight is 1110 g/mol. The highest BCUT2D eigenvalue weighted by atomic mass is 16.6. The van der Waals surface area contributed by atoms with Gasteiger partial charge in [0.2, 0.25) is 0 Å². The Kier molecular flexibility index (Phi) is 66.1. The van der Waals surface area contributed by atoms with Crippen molar-refractivity contribution in [1.29, 1.82) is 0 Å². The van der Waals surface area contributed by atoms with Gasteiger partial charge in [-0.05, 0) is 77.0 Å². The zero-order chi connectivity index (χ0) is 57.1. The van der Waals surface area contributed by atoms with E-state index in [4.69, 9.17) is 14.2 Å². The lowest BCUT2D eigenvalue weighted by Crippen LogP contribution is -2.30. The van der Waals surface area contributed by atoms with Crippen LogP contribution >= 0.6 is 0 Å². The van der Waals surface area contributed by atoms with E-state index in [0.717, 1.165) is 70.6 Å². The van der Waals surface area contributed by atoms with E-state index >= 15 is 0 Å². The zero-order valence-corrected chi connectivity index (χ0v) is 53.4. The van der Waals surface area contributed by atoms with Crippen molar-refractivity contribution in [2.24, 2.45) is 0 Å². The minimum absolute atomic E-state index is 0.0694. The van der Waals surface area contributed by atoms with Gasteiger partial charge < -0.3 is 14.2 Å². The quantitative estimate of drug-likeness (QED) is 0.0261. The van der Waals surface area contributed by atoms with Crippen molar-refractivity contribution in [3.05, 3.63) is 36.5 Å². The van der Waals surface area contributed by atoms with Crippen LogP contribution in [0.4, 0.5) is 0 Å². The lowest BCUT2D eigenvalue weighted by molar-refractivity contribution is -0.167. The summed E-state index contributed by atoms with van der Waals surface area (Å²) in [6.45, 7) is 6.69. The number of carbonyl (C=O) groups excluding carboxylic acids is 3. The largest absolute Gasteiger partial charge is 0.462 e. The minimum atomic E-state index is -0.774. The first kappa shape index (κ1) is 76.6. The van der Waals surface area contributed by atoms with E-state index < -0.39 is 6.10 Å². The van der Waals surface area contributed by atoms with Gasteiger partial charge in [0.05, 0.1) is 0 Å². The van der Waals surface area contributed by atoms with E-state index in [0.29, 0.717) is 19.3 Å². The van der Waals surface area contributed by atoms with Gasteiger partial charge in [-0.25, -0.2) is 0 Å². The van der Waals surface area contributed by atoms with Crippen LogP contribution in [0.2, 0.25) is 0 Å². The highest BCUT2D eigenvalue weighted by molar-refractivity contribution is 5.71. The van der Waals surface area contributed by atoms with Crippen LogP contribution in [0.5, 0.6) is 0 Å². The summed E-state index contributed by atoms with van der Waals surface area (Å²) in [4.78, 5) is 38.4. The molecule has 0 saturated heterocycles. The highest BCUT2D eigenvalue weighted by Gasteiger charge is 2.19. The molecule has 0 amide bonds. The molecule has 0 bridgehead atoms. The van der Waals surface area contributed by atoms with Crippen LogP contribution in [0.15, 0.2) is 36.5 Å². The summed E-state index contributed by atoms with van der Waals surface area (Å²) in [5.41, 5.74) is 0. The molecule has 1 atom stereocenters. The summed E-state index contributed by atoms with van der Waals surface area (Å²) in [6.07, 6.45) is 84.6. The SMILES string of the molecule is CCCCCCC/C=C\C/C=C\CCCCCCCCCCCCCCCCCCCC(=O)OCC(COC(=O)CCCCCCCCCCCCCCCCCC)OC(=O)CCCCCCC/C=C\CCCCCCCCC. The van der Waals surface area contributed by atoms with Crippen LogP contribution in [0.1, 0.15) is 393 Å². The molecule has 0 N–H and O–H groups in total. The van der Waals surface area contributed by atoms with E-state index in [9.17, 15) is 14.4 Å². The fourth-order valence-corrected chi connectivity index (χ4v) is 10.8. The average Bonchev–Trinajstić information content (AvgIpc) is 3.45. The molecule has 464 valence electrons. The second-order valence-corrected chi connectivity index (χ2v) is 24.1. The summed E-state index contributed by atoms with van der Waals surface area (Å²) >= 11 is 0. The first-order valence-corrected chi connectivity index (χ1v) is 35.5. The third-order valence-corrected chi connectivity index (χ3v) is 16.1. The van der Waals surface area contributed by atoms with Crippen molar-refractivity contribution in [3.63, 3.8) is 0 Å². The van der Waals surface area contributed by atoms with Crippen LogP contribution in [-0.2, 0) is 28.6 Å². The first-order valence-electron chi connectivity index (χ1n) is 35.5. The third kappa shape index (κ3) is 66.3. The number of hydrogen-bond acceptors (Lipinski definition) is 6. The molecule has 0 aliphatic carbocycles. The predicted octanol–water partition coefficient (Wildman–Crippen LogP) is 24.3. The van der Waals surface area contributed by atoms with Gasteiger partial charge in [-0.2, -0.15) is 0 Å². The number of esters is 3. The van der Waals surface area contributed by atoms with Gasteiger partial charge in [0.25, 0.3) is 0 Å². The molecule has 0 saturated carbocycles. The van der Waals surface area contributed by atoms with Crippen molar-refractivity contribution in [2.75, 3.05) is 13.2 Å². The van der Waals surface area contributed by atoms with Crippen LogP contribution in [0, 0.1) is 0 Å². The number of unbranched alkanes of at least 4 members (excludes halogenated alkanes) is 49. The van der Waals surface area contributed by atoms with E-state index in [-0.39, 0.29) is 31.1 Å². The number of carbonyl (C=O) groups is 3. The van der Waals surface area contributed by atoms with Crippen LogP contribution < -0.4 is 0 Å². The molecule has 0 aromatic heterocycles. The molecule has 0 aromatic rings. The maximum absolute atomic E-state index is 12.9. The first-order chi connectivity index (χ1) is 39.0. The molecule has 6 heteroatoms. The van der Waals surface area contributed by atoms with Crippen molar-refractivity contribution in [1.82, 2.24) is 0 Å². The van der Waals surface area contributed by atoms with Crippen molar-refractivity contribution in [2.45, 2.75) is 399 Å². The van der Waals surface area contributed by atoms with Crippen molar-refractivity contribution in [3.8, 4) is 0 Å². The Morgan fingerprint density at radius 1 is 0.253 bits per heavy atom. The topological polar surface area (TPSA) is 78.9 Å². The van der Waals surface area contributed by atoms with E-state index in [1.807, 2.05) is 0 Å². The standard InChI is InChI=1S/C73H136O6/c1-4-7-10-13-16-19-22-25-28-31-32-33-34-35-36-37-38-39-40-41-42-43-46-48-51-54-57-60-63-66-72(75)78-69-70(79-73(76)67-64-61-58-55-52-49-45-30-27-24-21-18-15-12-9-6-3)68-77-71(74)65-62-59-56-53-50-47-44-29-26-23-20-17-14-11-8-5-2/h22,25,30-32,45,70H,4-21,23-24,26-29,33-44,46-69H2,1-3H3/b25-22-,32-31-,45-30-. The molecule has 79 heavy (non-hydrogen) atoms. The van der Waals surface area contributed by atoms with Gasteiger partial charge >= 0.3 is 17.9 Å². The molecule has 0 spiro atoms. The molecular weight excluding hydrogens is 973 g/mol. The van der Waals surface area contributed by atoms with Gasteiger partial charge in [0, 0.05) is 19.3 Å². The Labute approximate surface area is 493 Å². The minimum Gasteiger partial charge on any atom is -0.462 e. The molecular formula is C73H136O6. The Morgan fingerprint density at radius 3 is 0.709 bits per heavy atom. The molecule has 0 radical (unpaired) electrons. The van der Waals surface area contributed by atoms with E-state index in [1.165, 1.54) is 283 Å². The highest BCUT2D eigenvalue weighted by Crippen LogP contribution is 2.18. The van der Waals surface area contributed by atoms with Crippen LogP contribution in [0.3, 0.4) is 0 Å². The molecule has 1 unspecified atom stereocenters. The van der Waals surface area contributed by atoms with Gasteiger partial charge in [-0.15, -0.1) is 0 Å². The summed E-state index contributed by atoms with van der Waals surface area (Å²) in [5, 5.41) is 0. The van der Waals surface area contributed by atoms with Gasteiger partial charge in [-0.1, -0.05) is 333 Å². The monoisotopic (exact) mass is 1110 g/mol. The van der Waals surface area contributed by atoms with Crippen molar-refractivity contribution < 1.29 is 28.6 Å². The molecule has 0 heterocycles. The maximum atomic E-state index is 12.9. The Bertz CT molecular complexity index is 1320. The summed E-state index contributed by atoms with van der Waals surface area (Å²) in [7, 11) is 0. The lowest BCUT2D eigenvalue weighted by Gasteiger charge is -2.18. The number of hydrogen-bond donors (Lipinski definition) is 0. The van der Waals surface area contributed by atoms with E-state index in [1.54, 1.807) is 0 Å². The summed E-state index contributed by atoms with van der Waals surface area (Å²) in [6, 6.07) is 0. The Morgan fingerprint density at radius 2 is 0.456 bits per heavy atom.